The molecular formula is C15H23N3OS. The molecule has 0 saturated carbocycles. The Balaban J connectivity index is 2.39. The number of ether oxygens (including phenoxy) is 1. The third-order valence-electron chi connectivity index (χ3n) is 2.25. The summed E-state index contributed by atoms with van der Waals surface area (Å²) >= 11 is 1.78. The summed E-state index contributed by atoms with van der Waals surface area (Å²) in [6.45, 7) is 8.37. The molecule has 110 valence electrons. The molecule has 20 heavy (non-hydrogen) atoms. The Labute approximate surface area is 125 Å². The largest absolute Gasteiger partial charge is 0.491 e. The molecule has 0 saturated heterocycles. The highest BCUT2D eigenvalue weighted by atomic mass is 32.2. The minimum Gasteiger partial charge on any atom is -0.491 e. The zero-order valence-corrected chi connectivity index (χ0v) is 13.0. The van der Waals surface area contributed by atoms with Crippen molar-refractivity contribution in [1.29, 1.82) is 0 Å². The van der Waals surface area contributed by atoms with Crippen molar-refractivity contribution >= 4 is 23.4 Å². The van der Waals surface area contributed by atoms with Crippen LogP contribution in [0, 0.1) is 0 Å². The van der Waals surface area contributed by atoms with Crippen LogP contribution in [0.1, 0.15) is 13.8 Å². The van der Waals surface area contributed by atoms with Crippen LogP contribution in [0.4, 0.5) is 5.69 Å². The van der Waals surface area contributed by atoms with Crippen LogP contribution in [0.15, 0.2) is 41.9 Å². The van der Waals surface area contributed by atoms with Gasteiger partial charge in [-0.25, -0.2) is 0 Å². The van der Waals surface area contributed by atoms with Gasteiger partial charge in [-0.1, -0.05) is 6.08 Å². The molecule has 4 nitrogen and oxygen atoms in total. The highest BCUT2D eigenvalue weighted by Gasteiger charge is 1.99. The monoisotopic (exact) mass is 293 g/mol. The second kappa shape index (κ2) is 9.31. The van der Waals surface area contributed by atoms with Crippen molar-refractivity contribution in [3.8, 4) is 5.75 Å². The second-order valence-electron chi connectivity index (χ2n) is 4.45. The highest BCUT2D eigenvalue weighted by molar-refractivity contribution is 7.99. The van der Waals surface area contributed by atoms with Gasteiger partial charge in [0.2, 0.25) is 0 Å². The van der Waals surface area contributed by atoms with Crippen molar-refractivity contribution in [3.63, 3.8) is 0 Å². The van der Waals surface area contributed by atoms with E-state index < -0.39 is 0 Å². The zero-order valence-electron chi connectivity index (χ0n) is 12.1. The van der Waals surface area contributed by atoms with Crippen molar-refractivity contribution in [1.82, 2.24) is 0 Å². The molecule has 1 aromatic carbocycles. The van der Waals surface area contributed by atoms with E-state index in [0.29, 0.717) is 12.5 Å². The van der Waals surface area contributed by atoms with Crippen molar-refractivity contribution in [3.05, 3.63) is 36.9 Å². The van der Waals surface area contributed by atoms with Gasteiger partial charge >= 0.3 is 0 Å². The Bertz CT molecular complexity index is 429. The third-order valence-corrected chi connectivity index (χ3v) is 3.19. The summed E-state index contributed by atoms with van der Waals surface area (Å²) in [5.41, 5.74) is 6.72. The van der Waals surface area contributed by atoms with Gasteiger partial charge in [-0.15, -0.1) is 6.58 Å². The number of hydrogen-bond donors (Lipinski definition) is 2. The summed E-state index contributed by atoms with van der Waals surface area (Å²) in [6.07, 6.45) is 2.06. The number of rotatable bonds is 8. The number of nitrogens with one attached hydrogen (secondary N) is 1. The van der Waals surface area contributed by atoms with Crippen molar-refractivity contribution in [2.24, 2.45) is 10.7 Å². The predicted molar refractivity (Wildman–Crippen MR) is 89.8 cm³/mol. The summed E-state index contributed by atoms with van der Waals surface area (Å²) in [5, 5.41) is 3.06. The molecule has 1 rings (SSSR count). The van der Waals surface area contributed by atoms with Crippen LogP contribution in [0.3, 0.4) is 0 Å². The molecule has 0 aromatic heterocycles. The van der Waals surface area contributed by atoms with Crippen molar-refractivity contribution in [2.75, 3.05) is 23.4 Å². The first kappa shape index (κ1) is 16.4. The maximum absolute atomic E-state index is 5.82. The number of aliphatic imine (C=N–C) groups is 1. The Morgan fingerprint density at radius 3 is 2.75 bits per heavy atom. The Kier molecular flexibility index (Phi) is 7.65. The maximum Gasteiger partial charge on any atom is 0.193 e. The molecule has 0 fully saturated rings. The standard InChI is InChI=1S/C15H23N3OS/c1-4-10-20-11-9-17-15(16)18-13-5-7-14(8-6-13)19-12(2)3/h4-8,12H,1,9-11H2,2-3H3,(H3,16,17,18). The van der Waals surface area contributed by atoms with E-state index in [9.17, 15) is 0 Å². The molecule has 1 aromatic rings. The van der Waals surface area contributed by atoms with Gasteiger partial charge < -0.3 is 15.8 Å². The first-order chi connectivity index (χ1) is 9.61. The Morgan fingerprint density at radius 1 is 1.45 bits per heavy atom. The number of nitrogens with two attached hydrogens (primary N) is 1. The lowest BCUT2D eigenvalue weighted by atomic mass is 10.3. The normalized spacial score (nSPS) is 11.4. The number of thioether (sulfide) groups is 1. The van der Waals surface area contributed by atoms with Gasteiger partial charge in [0.05, 0.1) is 12.6 Å². The molecule has 0 spiro atoms. The molecule has 0 radical (unpaired) electrons. The molecule has 0 aliphatic carbocycles. The molecule has 3 N–H and O–H groups in total. The van der Waals surface area contributed by atoms with Gasteiger partial charge in [0, 0.05) is 17.2 Å². The van der Waals surface area contributed by atoms with Crippen LogP contribution in [-0.4, -0.2) is 30.1 Å². The third kappa shape index (κ3) is 7.09. The van der Waals surface area contributed by atoms with Crippen LogP contribution in [-0.2, 0) is 0 Å². The van der Waals surface area contributed by atoms with Crippen LogP contribution >= 0.6 is 11.8 Å². The van der Waals surface area contributed by atoms with Crippen molar-refractivity contribution in [2.45, 2.75) is 20.0 Å². The average molecular weight is 293 g/mol. The SMILES string of the molecule is C=CCSCCN=C(N)Nc1ccc(OC(C)C)cc1. The molecule has 0 aliphatic heterocycles. The number of anilines is 1. The highest BCUT2D eigenvalue weighted by Crippen LogP contribution is 2.16. The molecule has 0 unspecified atom stereocenters. The van der Waals surface area contributed by atoms with E-state index in [2.05, 4.69) is 16.9 Å². The minimum atomic E-state index is 0.175. The topological polar surface area (TPSA) is 59.6 Å². The number of benzene rings is 1. The molecule has 0 amide bonds. The van der Waals surface area contributed by atoms with E-state index in [1.807, 2.05) is 44.2 Å². The van der Waals surface area contributed by atoms with Crippen LogP contribution < -0.4 is 15.8 Å². The summed E-state index contributed by atoms with van der Waals surface area (Å²) < 4.78 is 5.58. The van der Waals surface area contributed by atoms with E-state index in [-0.39, 0.29) is 6.10 Å². The molecule has 0 bridgehead atoms. The summed E-state index contributed by atoms with van der Waals surface area (Å²) in [5.74, 6) is 3.17. The van der Waals surface area contributed by atoms with Crippen LogP contribution in [0.2, 0.25) is 0 Å². The fraction of sp³-hybridized carbons (Fsp3) is 0.400. The second-order valence-corrected chi connectivity index (χ2v) is 5.60. The van der Waals surface area contributed by atoms with Gasteiger partial charge in [0.1, 0.15) is 5.75 Å². The predicted octanol–water partition coefficient (Wildman–Crippen LogP) is 3.12. The summed E-state index contributed by atoms with van der Waals surface area (Å²) in [7, 11) is 0. The van der Waals surface area contributed by atoms with Crippen molar-refractivity contribution < 1.29 is 4.74 Å². The smallest absolute Gasteiger partial charge is 0.193 e. The van der Waals surface area contributed by atoms with E-state index in [1.165, 1.54) is 0 Å². The molecule has 0 heterocycles. The molecule has 0 atom stereocenters. The number of nitrogens with zero attached hydrogens (tertiary/aromatic N) is 1. The van der Waals surface area contributed by atoms with Crippen LogP contribution in [0.5, 0.6) is 5.75 Å². The summed E-state index contributed by atoms with van der Waals surface area (Å²) in [6, 6.07) is 7.67. The Morgan fingerprint density at radius 2 is 2.15 bits per heavy atom. The van der Waals surface area contributed by atoms with E-state index in [0.717, 1.165) is 22.9 Å². The lowest BCUT2D eigenvalue weighted by molar-refractivity contribution is 0.242. The van der Waals surface area contributed by atoms with Gasteiger partial charge in [0.25, 0.3) is 0 Å². The first-order valence-corrected chi connectivity index (χ1v) is 7.79. The maximum atomic E-state index is 5.82. The zero-order chi connectivity index (χ0) is 14.8. The first-order valence-electron chi connectivity index (χ1n) is 6.64. The van der Waals surface area contributed by atoms with E-state index in [4.69, 9.17) is 10.5 Å². The molecule has 5 heteroatoms. The van der Waals surface area contributed by atoms with E-state index >= 15 is 0 Å². The van der Waals surface area contributed by atoms with Crippen LogP contribution in [0.25, 0.3) is 0 Å². The quantitative estimate of drug-likeness (QED) is 0.335. The lowest BCUT2D eigenvalue weighted by Gasteiger charge is -2.10. The average Bonchev–Trinajstić information content (AvgIpc) is 2.40. The van der Waals surface area contributed by atoms with Gasteiger partial charge in [-0.05, 0) is 38.1 Å². The van der Waals surface area contributed by atoms with Gasteiger partial charge in [0.15, 0.2) is 5.96 Å². The fourth-order valence-corrected chi connectivity index (χ4v) is 2.03. The summed E-state index contributed by atoms with van der Waals surface area (Å²) in [4.78, 5) is 4.26. The minimum absolute atomic E-state index is 0.175. The Hall–Kier alpha value is -1.62. The molecule has 0 aliphatic rings. The number of hydrogen-bond acceptors (Lipinski definition) is 3. The van der Waals surface area contributed by atoms with E-state index in [1.54, 1.807) is 11.8 Å². The fourth-order valence-electron chi connectivity index (χ4n) is 1.47. The number of guanidine groups is 1. The van der Waals surface area contributed by atoms with Gasteiger partial charge in [-0.2, -0.15) is 11.8 Å². The van der Waals surface area contributed by atoms with Gasteiger partial charge in [-0.3, -0.25) is 4.99 Å². The lowest BCUT2D eigenvalue weighted by Crippen LogP contribution is -2.23. The molecular weight excluding hydrogens is 270 g/mol.